The summed E-state index contributed by atoms with van der Waals surface area (Å²) in [5.74, 6) is 0. The second-order valence-corrected chi connectivity index (χ2v) is 1.22. The predicted octanol–water partition coefficient (Wildman–Crippen LogP) is -1.34. The molecule has 0 N–H and O–H groups in total. The molecular formula is O4STh. The van der Waals surface area contributed by atoms with Crippen molar-refractivity contribution in [2.24, 2.45) is 0 Å². The van der Waals surface area contributed by atoms with Gasteiger partial charge >= 0.3 is 39.9 Å². The first-order valence-electron chi connectivity index (χ1n) is 0.667. The van der Waals surface area contributed by atoms with Crippen LogP contribution in [0.4, 0.5) is 0 Å². The molecule has 0 heterocycles. The van der Waals surface area contributed by atoms with Crippen LogP contribution in [0.15, 0.2) is 0 Å². The molecule has 6 heavy (non-hydrogen) atoms. The van der Waals surface area contributed by atoms with Crippen LogP contribution in [0.1, 0.15) is 0 Å². The molecule has 0 spiro atoms. The molecule has 0 fully saturated rings. The van der Waals surface area contributed by atoms with Gasteiger partial charge in [0.15, 0.2) is 0 Å². The molecule has 0 aliphatic rings. The molecular weight excluding hydrogens is 328 g/mol. The summed E-state index contributed by atoms with van der Waals surface area (Å²) >= 11 is 0. The van der Waals surface area contributed by atoms with Gasteiger partial charge in [-0.3, -0.25) is 8.42 Å². The number of hydrogen-bond donors (Lipinski definition) is 0. The molecule has 0 saturated carbocycles. The summed E-state index contributed by atoms with van der Waals surface area (Å²) in [4.78, 5) is 0. The smallest absolute Gasteiger partial charge is 0.759 e. The quantitative estimate of drug-likeness (QED) is 0.407. The first-order chi connectivity index (χ1) is 2.00. The molecule has 0 rings (SSSR count). The molecule has 4 nitrogen and oxygen atoms in total. The van der Waals surface area contributed by atoms with E-state index in [2.05, 4.69) is 0 Å². The Kier molecular flexibility index (Phi) is 5.51. The topological polar surface area (TPSA) is 80.3 Å². The average molecular weight is 328 g/mol. The summed E-state index contributed by atoms with van der Waals surface area (Å²) in [6, 6.07) is 0. The van der Waals surface area contributed by atoms with E-state index in [1.54, 1.807) is 0 Å². The van der Waals surface area contributed by atoms with Crippen molar-refractivity contribution in [2.75, 3.05) is 0 Å². The maximum atomic E-state index is 8.52. The van der Waals surface area contributed by atoms with E-state index in [0.29, 0.717) is 0 Å². The van der Waals surface area contributed by atoms with Crippen molar-refractivity contribution in [1.29, 1.82) is 0 Å². The second-order valence-electron chi connectivity index (χ2n) is 0.408. The predicted molar refractivity (Wildman–Crippen MR) is 10.5 cm³/mol. The average Bonchev–Trinajstić information content (AvgIpc) is 0.722. The number of rotatable bonds is 0. The minimum absolute atomic E-state index is 0. The monoisotopic (exact) mass is 328 g/mol. The van der Waals surface area contributed by atoms with Gasteiger partial charge in [-0.15, -0.1) is 0 Å². The van der Waals surface area contributed by atoms with E-state index in [1.807, 2.05) is 0 Å². The van der Waals surface area contributed by atoms with Crippen molar-refractivity contribution >= 4 is 10.4 Å². The molecule has 0 aromatic carbocycles. The Balaban J connectivity index is 0. The molecule has 0 unspecified atom stereocenters. The van der Waals surface area contributed by atoms with Crippen molar-refractivity contribution < 1.29 is 57.5 Å². The van der Waals surface area contributed by atoms with E-state index < -0.39 is 10.4 Å². The van der Waals surface area contributed by atoms with Crippen molar-refractivity contribution in [2.45, 2.75) is 0 Å². The first kappa shape index (κ1) is 10.2. The Bertz CT molecular complexity index is 90.7. The molecule has 0 atom stereocenters. The van der Waals surface area contributed by atoms with Gasteiger partial charge < -0.3 is 9.11 Å². The third kappa shape index (κ3) is 64.0. The summed E-state index contributed by atoms with van der Waals surface area (Å²) in [6.45, 7) is 0. The third-order valence-electron chi connectivity index (χ3n) is 0. The zero-order valence-corrected chi connectivity index (χ0v) is 7.47. The van der Waals surface area contributed by atoms with E-state index in [1.165, 1.54) is 0 Å². The zero-order valence-electron chi connectivity index (χ0n) is 2.54. The second kappa shape index (κ2) is 3.23. The standard InChI is InChI=1S/H2O4S.Th/c1-5(2,3)4;/h(H2,1,2,3,4);/q;+2/p-2. The van der Waals surface area contributed by atoms with Crippen LogP contribution in [0.5, 0.6) is 0 Å². The van der Waals surface area contributed by atoms with Crippen molar-refractivity contribution in [1.82, 2.24) is 0 Å². The Morgan fingerprint density at radius 2 is 1.17 bits per heavy atom. The first-order valence-corrected chi connectivity index (χ1v) is 2.00. The maximum Gasteiger partial charge on any atom is 2.00 e. The third-order valence-corrected chi connectivity index (χ3v) is 0. The fraction of sp³-hybridized carbons (Fsp3) is 0. The van der Waals surface area contributed by atoms with E-state index in [9.17, 15) is 0 Å². The molecule has 34 valence electrons. The van der Waals surface area contributed by atoms with Gasteiger partial charge in [-0.25, -0.2) is 0 Å². The number of hydrogen-bond acceptors (Lipinski definition) is 4. The molecule has 0 aromatic heterocycles. The van der Waals surface area contributed by atoms with Crippen LogP contribution in [0.3, 0.4) is 0 Å². The van der Waals surface area contributed by atoms with E-state index in [4.69, 9.17) is 17.5 Å². The molecule has 0 aliphatic heterocycles. The largest absolute Gasteiger partial charge is 2.00 e. The Hall–Kier alpha value is 1.19. The van der Waals surface area contributed by atoms with Gasteiger partial charge in [-0.05, 0) is 0 Å². The molecule has 0 saturated heterocycles. The van der Waals surface area contributed by atoms with Crippen LogP contribution in [-0.4, -0.2) is 17.5 Å². The van der Waals surface area contributed by atoms with Crippen LogP contribution < -0.4 is 0 Å². The van der Waals surface area contributed by atoms with Crippen molar-refractivity contribution in [3.63, 3.8) is 0 Å². The normalized spacial score (nSPS) is 9.67. The molecule has 0 aromatic rings. The maximum absolute atomic E-state index is 8.52. The Morgan fingerprint density at radius 1 is 1.17 bits per heavy atom. The van der Waals surface area contributed by atoms with Gasteiger partial charge in [0.05, 0.1) is 0 Å². The van der Waals surface area contributed by atoms with E-state index in [0.717, 1.165) is 0 Å². The van der Waals surface area contributed by atoms with Gasteiger partial charge in [0.1, 0.15) is 0 Å². The van der Waals surface area contributed by atoms with Crippen LogP contribution in [0.2, 0.25) is 0 Å². The van der Waals surface area contributed by atoms with E-state index in [-0.39, 0.29) is 39.9 Å². The van der Waals surface area contributed by atoms with Crippen LogP contribution in [0.25, 0.3) is 0 Å². The van der Waals surface area contributed by atoms with Gasteiger partial charge in [0.2, 0.25) is 0 Å². The summed E-state index contributed by atoms with van der Waals surface area (Å²) < 4.78 is 34.1. The van der Waals surface area contributed by atoms with Gasteiger partial charge in [0.25, 0.3) is 0 Å². The Morgan fingerprint density at radius 3 is 1.17 bits per heavy atom. The molecule has 0 aliphatic carbocycles. The minimum atomic E-state index is -5.17. The van der Waals surface area contributed by atoms with Crippen molar-refractivity contribution in [3.8, 4) is 0 Å². The van der Waals surface area contributed by atoms with E-state index >= 15 is 0 Å². The zero-order chi connectivity index (χ0) is 4.50. The molecule has 6 heteroatoms. The molecule has 0 bridgehead atoms. The minimum Gasteiger partial charge on any atom is -0.759 e. The SMILES string of the molecule is O=S(=O)([O-])[O-].[Th+2]. The summed E-state index contributed by atoms with van der Waals surface area (Å²) in [6.07, 6.45) is 0. The molecule has 0 radical (unpaired) electrons. The van der Waals surface area contributed by atoms with Gasteiger partial charge in [-0.2, -0.15) is 0 Å². The van der Waals surface area contributed by atoms with Crippen molar-refractivity contribution in [3.05, 3.63) is 0 Å². The van der Waals surface area contributed by atoms with Crippen LogP contribution in [-0.2, 0) is 10.4 Å². The summed E-state index contributed by atoms with van der Waals surface area (Å²) in [7, 11) is -5.17. The fourth-order valence-electron chi connectivity index (χ4n) is 0. The van der Waals surface area contributed by atoms with Gasteiger partial charge in [0, 0.05) is 10.4 Å². The molecule has 0 amide bonds. The van der Waals surface area contributed by atoms with Crippen LogP contribution >= 0.6 is 0 Å². The van der Waals surface area contributed by atoms with Crippen LogP contribution in [0, 0.1) is 39.9 Å². The van der Waals surface area contributed by atoms with Gasteiger partial charge in [-0.1, -0.05) is 0 Å². The summed E-state index contributed by atoms with van der Waals surface area (Å²) in [5.41, 5.74) is 0. The Labute approximate surface area is 67.2 Å². The summed E-state index contributed by atoms with van der Waals surface area (Å²) in [5, 5.41) is 0. The fourth-order valence-corrected chi connectivity index (χ4v) is 0.